The molecule has 3 atom stereocenters. The zero-order chi connectivity index (χ0) is 27.5. The van der Waals surface area contributed by atoms with Gasteiger partial charge in [-0.1, -0.05) is 41.9 Å². The lowest BCUT2D eigenvalue weighted by molar-refractivity contribution is -0.174. The molecule has 0 bridgehead atoms. The van der Waals surface area contributed by atoms with Gasteiger partial charge in [-0.05, 0) is 35.7 Å². The summed E-state index contributed by atoms with van der Waals surface area (Å²) < 4.78 is 43.3. The molecule has 11 heteroatoms. The molecule has 5 rings (SSSR count). The summed E-state index contributed by atoms with van der Waals surface area (Å²) in [6.07, 6.45) is -3.45. The van der Waals surface area contributed by atoms with Crippen molar-refractivity contribution in [2.75, 3.05) is 25.5 Å². The van der Waals surface area contributed by atoms with Gasteiger partial charge in [-0.3, -0.25) is 9.59 Å². The van der Waals surface area contributed by atoms with Crippen molar-refractivity contribution in [3.8, 4) is 5.75 Å². The van der Waals surface area contributed by atoms with Crippen LogP contribution in [0, 0.1) is 0 Å². The summed E-state index contributed by atoms with van der Waals surface area (Å²) in [5.41, 5.74) is 2.18. The first kappa shape index (κ1) is 26.5. The smallest absolute Gasteiger partial charge is 0.408 e. The summed E-state index contributed by atoms with van der Waals surface area (Å²) in [7, 11) is 3.79. The predicted octanol–water partition coefficient (Wildman–Crippen LogP) is 5.66. The number of rotatable bonds is 3. The number of carbonyl (C=O) groups is 1. The largest absolute Gasteiger partial charge is 0.503 e. The molecule has 2 aliphatic heterocycles. The van der Waals surface area contributed by atoms with Gasteiger partial charge in [0.2, 0.25) is 5.43 Å². The van der Waals surface area contributed by atoms with E-state index in [1.54, 1.807) is 11.8 Å². The van der Waals surface area contributed by atoms with E-state index < -0.39 is 47.0 Å². The van der Waals surface area contributed by atoms with E-state index in [9.17, 15) is 27.9 Å². The minimum absolute atomic E-state index is 0.310. The van der Waals surface area contributed by atoms with Crippen LogP contribution in [0.2, 0.25) is 5.02 Å². The van der Waals surface area contributed by atoms with E-state index in [-0.39, 0.29) is 11.6 Å². The Hall–Kier alpha value is -3.11. The number of hydrogen-bond acceptors (Lipinski definition) is 5. The van der Waals surface area contributed by atoms with E-state index in [0.29, 0.717) is 10.7 Å². The molecule has 0 aliphatic carbocycles. The second-order valence-corrected chi connectivity index (χ2v) is 11.1. The number of alkyl halides is 3. The Labute approximate surface area is 226 Å². The van der Waals surface area contributed by atoms with Crippen LogP contribution < -0.4 is 10.3 Å². The zero-order valence-corrected chi connectivity index (χ0v) is 22.4. The Kier molecular flexibility index (Phi) is 6.67. The normalized spacial score (nSPS) is 19.8. The number of nitrogens with zero attached hydrogens (tertiary/aromatic N) is 3. The number of benzene rings is 2. The van der Waals surface area contributed by atoms with Crippen LogP contribution >= 0.6 is 23.4 Å². The van der Waals surface area contributed by atoms with Gasteiger partial charge in [0.25, 0.3) is 5.91 Å². The number of halogens is 4. The van der Waals surface area contributed by atoms with Gasteiger partial charge in [-0.25, -0.2) is 0 Å². The average Bonchev–Trinajstić information content (AvgIpc) is 3.03. The van der Waals surface area contributed by atoms with Gasteiger partial charge in [0, 0.05) is 49.1 Å². The Morgan fingerprint density at radius 2 is 1.84 bits per heavy atom. The van der Waals surface area contributed by atoms with Crippen molar-refractivity contribution in [3.05, 3.63) is 86.3 Å². The van der Waals surface area contributed by atoms with Crippen molar-refractivity contribution >= 4 is 35.0 Å². The lowest BCUT2D eigenvalue weighted by atomic mass is 9.80. The molecule has 0 saturated heterocycles. The van der Waals surface area contributed by atoms with Crippen LogP contribution in [0.4, 0.5) is 18.9 Å². The number of thioether (sulfide) groups is 1. The second-order valence-electron chi connectivity index (χ2n) is 9.70. The van der Waals surface area contributed by atoms with Gasteiger partial charge in [0.1, 0.15) is 11.1 Å². The summed E-state index contributed by atoms with van der Waals surface area (Å²) in [6.45, 7) is 0.599. The Bertz CT molecular complexity index is 1490. The molecule has 3 aromatic rings. The molecule has 38 heavy (non-hydrogen) atoms. The maximum absolute atomic E-state index is 14.0. The fourth-order valence-corrected chi connectivity index (χ4v) is 6.69. The lowest BCUT2D eigenvalue weighted by Gasteiger charge is -2.43. The maximum atomic E-state index is 14.0. The fraction of sp³-hybridized carbons (Fsp3) is 0.333. The third-order valence-corrected chi connectivity index (χ3v) is 8.71. The molecular formula is C27H25ClF3N3O3S. The highest BCUT2D eigenvalue weighted by atomic mass is 35.5. The standard InChI is InChI=1S/C27H25ClF3N3O3S/c1-14(27(29,30)31)33-12-19(34-11-17(28)24(35)25(36)23(34)26(33)37)22-16-8-4-5-10-20(16)38-13-15-7-6-9-18(21(15)22)32(2)3/h4-11,14,19,22,36H,12-13H2,1-3H3/t14-,19?,22+/m1/s1. The molecule has 200 valence electrons. The number of amides is 1. The number of fused-ring (bicyclic) bond motifs is 3. The van der Waals surface area contributed by atoms with Gasteiger partial charge in [-0.2, -0.15) is 13.2 Å². The molecule has 1 N–H and O–H groups in total. The van der Waals surface area contributed by atoms with E-state index in [1.807, 2.05) is 61.5 Å². The first-order chi connectivity index (χ1) is 17.9. The van der Waals surface area contributed by atoms with Crippen LogP contribution in [0.3, 0.4) is 0 Å². The molecule has 0 spiro atoms. The number of aromatic hydroxyl groups is 1. The molecule has 3 heterocycles. The molecule has 2 aromatic carbocycles. The van der Waals surface area contributed by atoms with E-state index in [2.05, 4.69) is 0 Å². The zero-order valence-electron chi connectivity index (χ0n) is 20.8. The summed E-state index contributed by atoms with van der Waals surface area (Å²) in [5, 5.41) is 10.4. The number of pyridine rings is 1. The molecule has 0 saturated carbocycles. The van der Waals surface area contributed by atoms with E-state index in [1.165, 1.54) is 10.8 Å². The van der Waals surface area contributed by atoms with Crippen LogP contribution in [-0.2, 0) is 5.75 Å². The Morgan fingerprint density at radius 1 is 1.13 bits per heavy atom. The molecule has 1 amide bonds. The van der Waals surface area contributed by atoms with Crippen LogP contribution in [0.15, 0.2) is 58.4 Å². The lowest BCUT2D eigenvalue weighted by Crippen LogP contribution is -2.54. The topological polar surface area (TPSA) is 65.8 Å². The monoisotopic (exact) mass is 563 g/mol. The quantitative estimate of drug-likeness (QED) is 0.445. The maximum Gasteiger partial charge on any atom is 0.408 e. The number of hydrogen-bond donors (Lipinski definition) is 1. The summed E-state index contributed by atoms with van der Waals surface area (Å²) >= 11 is 7.81. The van der Waals surface area contributed by atoms with Crippen molar-refractivity contribution in [1.82, 2.24) is 9.47 Å². The molecule has 0 fully saturated rings. The second kappa shape index (κ2) is 9.57. The minimum atomic E-state index is -4.71. The van der Waals surface area contributed by atoms with Gasteiger partial charge in [0.05, 0.1) is 6.04 Å². The highest BCUT2D eigenvalue weighted by Gasteiger charge is 2.49. The van der Waals surface area contributed by atoms with E-state index in [0.717, 1.165) is 34.2 Å². The molecule has 0 radical (unpaired) electrons. The fourth-order valence-electron chi connectivity index (χ4n) is 5.40. The highest BCUT2D eigenvalue weighted by molar-refractivity contribution is 7.98. The molecule has 1 aromatic heterocycles. The molecule has 6 nitrogen and oxygen atoms in total. The number of carbonyl (C=O) groups excluding carboxylic acids is 1. The summed E-state index contributed by atoms with van der Waals surface area (Å²) in [5.74, 6) is -1.91. The first-order valence-electron chi connectivity index (χ1n) is 11.9. The van der Waals surface area contributed by atoms with Crippen molar-refractivity contribution in [2.24, 2.45) is 0 Å². The van der Waals surface area contributed by atoms with Gasteiger partial charge >= 0.3 is 6.18 Å². The summed E-state index contributed by atoms with van der Waals surface area (Å²) in [4.78, 5) is 29.6. The molecule has 2 aliphatic rings. The van der Waals surface area contributed by atoms with Crippen LogP contribution in [0.25, 0.3) is 0 Å². The first-order valence-corrected chi connectivity index (χ1v) is 13.3. The minimum Gasteiger partial charge on any atom is -0.503 e. The van der Waals surface area contributed by atoms with Crippen LogP contribution in [0.1, 0.15) is 46.1 Å². The van der Waals surface area contributed by atoms with Crippen molar-refractivity contribution in [1.29, 1.82) is 0 Å². The van der Waals surface area contributed by atoms with Crippen molar-refractivity contribution in [2.45, 2.75) is 41.7 Å². The predicted molar refractivity (Wildman–Crippen MR) is 142 cm³/mol. The van der Waals surface area contributed by atoms with Crippen LogP contribution in [0.5, 0.6) is 5.75 Å². The SMILES string of the molecule is C[C@@H](N1CC([C@@H]2c3ccccc3SCc3cccc(N(C)C)c32)n2cc(Cl)c(=O)c(O)c2C1=O)C(F)(F)F. The Balaban J connectivity index is 1.85. The molecular weight excluding hydrogens is 539 g/mol. The van der Waals surface area contributed by atoms with Gasteiger partial charge < -0.3 is 19.5 Å². The van der Waals surface area contributed by atoms with Gasteiger partial charge in [0.15, 0.2) is 11.4 Å². The average molecular weight is 564 g/mol. The highest BCUT2D eigenvalue weighted by Crippen LogP contribution is 2.50. The van der Waals surface area contributed by atoms with Crippen molar-refractivity contribution in [3.63, 3.8) is 0 Å². The van der Waals surface area contributed by atoms with Gasteiger partial charge in [-0.15, -0.1) is 11.8 Å². The van der Waals surface area contributed by atoms with Crippen LogP contribution in [-0.4, -0.2) is 53.3 Å². The molecule has 1 unspecified atom stereocenters. The Morgan fingerprint density at radius 3 is 2.53 bits per heavy atom. The number of anilines is 1. The van der Waals surface area contributed by atoms with E-state index in [4.69, 9.17) is 11.6 Å². The summed E-state index contributed by atoms with van der Waals surface area (Å²) in [6, 6.07) is 10.6. The third kappa shape index (κ3) is 4.23. The van der Waals surface area contributed by atoms with E-state index >= 15 is 0 Å². The third-order valence-electron chi connectivity index (χ3n) is 7.30. The van der Waals surface area contributed by atoms with Crippen molar-refractivity contribution < 1.29 is 23.1 Å². The number of aromatic nitrogens is 1.